The Morgan fingerprint density at radius 3 is 2.61 bits per heavy atom. The summed E-state index contributed by atoms with van der Waals surface area (Å²) in [6.45, 7) is 1.19. The van der Waals surface area contributed by atoms with E-state index < -0.39 is 23.1 Å². The maximum absolute atomic E-state index is 14.2. The molecular weight excluding hydrogens is 471 g/mol. The van der Waals surface area contributed by atoms with E-state index in [9.17, 15) is 13.2 Å². The molecule has 2 aromatic carbocycles. The van der Waals surface area contributed by atoms with Gasteiger partial charge in [-0.25, -0.2) is 23.1 Å². The average Bonchev–Trinajstić information content (AvgIpc) is 3.22. The van der Waals surface area contributed by atoms with Crippen molar-refractivity contribution in [2.45, 2.75) is 18.9 Å². The number of nitrogens with zero attached hydrogens (tertiary/aromatic N) is 4. The van der Waals surface area contributed by atoms with Crippen LogP contribution in [-0.4, -0.2) is 39.6 Å². The van der Waals surface area contributed by atoms with Crippen molar-refractivity contribution in [1.82, 2.24) is 14.5 Å². The second-order valence-electron chi connectivity index (χ2n) is 8.53. The van der Waals surface area contributed by atoms with Gasteiger partial charge < -0.3 is 25.7 Å². The predicted octanol–water partition coefficient (Wildman–Crippen LogP) is 4.76. The Morgan fingerprint density at radius 1 is 1.11 bits per heavy atom. The minimum absolute atomic E-state index is 0.0491. The number of halogens is 3. The Balaban J connectivity index is 1.49. The van der Waals surface area contributed by atoms with Gasteiger partial charge in [-0.2, -0.15) is 4.98 Å². The van der Waals surface area contributed by atoms with Gasteiger partial charge in [-0.05, 0) is 37.1 Å². The Hall–Kier alpha value is -4.12. The summed E-state index contributed by atoms with van der Waals surface area (Å²) < 4.78 is 49.1. The number of fused-ring (bicyclic) bond motifs is 1. The Kier molecular flexibility index (Phi) is 6.47. The zero-order valence-electron chi connectivity index (χ0n) is 19.4. The van der Waals surface area contributed by atoms with Crippen molar-refractivity contribution in [3.8, 4) is 0 Å². The summed E-state index contributed by atoms with van der Waals surface area (Å²) in [5, 5.41) is 7.57. The Labute approximate surface area is 205 Å². The standard InChI is InChI=1S/C25H24F3N7O/c1-35-7-4-14-10-17(2-3-21(14)35)32-25-30-13-18(24(34-25)31-16-5-8-36-9-6-16)23(29)33-22-19(27)11-15(26)12-20(22)28/h2-4,7,10-13,16H,5-6,8-9H2,1H3,(H2,29,33)(H2,30,31,32,34). The number of aryl methyl sites for hydroxylation is 1. The number of nitrogens with one attached hydrogen (secondary N) is 2. The van der Waals surface area contributed by atoms with Crippen LogP contribution in [0.25, 0.3) is 10.9 Å². The third kappa shape index (κ3) is 4.96. The first kappa shape index (κ1) is 23.6. The molecule has 1 aliphatic heterocycles. The topological polar surface area (TPSA) is 102 Å². The lowest BCUT2D eigenvalue weighted by atomic mass is 10.1. The van der Waals surface area contributed by atoms with Crippen LogP contribution in [0, 0.1) is 17.5 Å². The second-order valence-corrected chi connectivity index (χ2v) is 8.53. The van der Waals surface area contributed by atoms with Gasteiger partial charge in [0.15, 0.2) is 11.6 Å². The molecule has 1 fully saturated rings. The number of benzene rings is 2. The molecule has 1 saturated heterocycles. The van der Waals surface area contributed by atoms with E-state index in [0.29, 0.717) is 37.1 Å². The first-order valence-corrected chi connectivity index (χ1v) is 11.4. The van der Waals surface area contributed by atoms with Crippen molar-refractivity contribution in [2.75, 3.05) is 23.8 Å². The van der Waals surface area contributed by atoms with Crippen molar-refractivity contribution >= 4 is 39.9 Å². The summed E-state index contributed by atoms with van der Waals surface area (Å²) in [6.07, 6.45) is 4.89. The van der Waals surface area contributed by atoms with Gasteiger partial charge in [-0.15, -0.1) is 0 Å². The van der Waals surface area contributed by atoms with Crippen LogP contribution >= 0.6 is 0 Å². The molecule has 0 bridgehead atoms. The molecule has 2 aromatic heterocycles. The third-order valence-electron chi connectivity index (χ3n) is 5.98. The van der Waals surface area contributed by atoms with Gasteiger partial charge in [0.05, 0.1) is 5.56 Å². The first-order valence-electron chi connectivity index (χ1n) is 11.4. The summed E-state index contributed by atoms with van der Waals surface area (Å²) in [7, 11) is 1.97. The highest BCUT2D eigenvalue weighted by atomic mass is 19.1. The Morgan fingerprint density at radius 2 is 1.86 bits per heavy atom. The fourth-order valence-corrected chi connectivity index (χ4v) is 4.09. The number of ether oxygens (including phenoxy) is 1. The van der Waals surface area contributed by atoms with Crippen LogP contribution in [-0.2, 0) is 11.8 Å². The molecule has 0 radical (unpaired) electrons. The van der Waals surface area contributed by atoms with Gasteiger partial charge in [0.1, 0.15) is 23.2 Å². The van der Waals surface area contributed by atoms with Gasteiger partial charge in [0.25, 0.3) is 0 Å². The number of rotatable bonds is 6. The molecule has 186 valence electrons. The quantitative estimate of drug-likeness (QED) is 0.263. The molecule has 36 heavy (non-hydrogen) atoms. The zero-order chi connectivity index (χ0) is 25.2. The molecule has 0 spiro atoms. The summed E-state index contributed by atoms with van der Waals surface area (Å²) in [4.78, 5) is 12.8. The molecular formula is C25H24F3N7O. The van der Waals surface area contributed by atoms with Crippen molar-refractivity contribution < 1.29 is 17.9 Å². The van der Waals surface area contributed by atoms with E-state index in [0.717, 1.165) is 29.4 Å². The molecule has 8 nitrogen and oxygen atoms in total. The molecule has 0 atom stereocenters. The fourth-order valence-electron chi connectivity index (χ4n) is 4.09. The molecule has 4 aromatic rings. The number of aliphatic imine (C=N–C) groups is 1. The molecule has 0 saturated carbocycles. The molecule has 0 amide bonds. The molecule has 1 aliphatic rings. The summed E-state index contributed by atoms with van der Waals surface area (Å²) >= 11 is 0. The normalized spacial score (nSPS) is 14.8. The number of anilines is 3. The van der Waals surface area contributed by atoms with Crippen LogP contribution in [0.5, 0.6) is 0 Å². The SMILES string of the molecule is Cn1ccc2cc(Nc3ncc(C(N)=Nc4c(F)cc(F)cc4F)c(NC4CCOCC4)n3)ccc21. The van der Waals surface area contributed by atoms with Crippen LogP contribution in [0.2, 0.25) is 0 Å². The highest BCUT2D eigenvalue weighted by Crippen LogP contribution is 2.27. The van der Waals surface area contributed by atoms with Crippen molar-refractivity contribution in [1.29, 1.82) is 0 Å². The lowest BCUT2D eigenvalue weighted by Crippen LogP contribution is -2.30. The molecule has 4 N–H and O–H groups in total. The minimum Gasteiger partial charge on any atom is -0.383 e. The second kappa shape index (κ2) is 9.86. The molecule has 11 heteroatoms. The maximum Gasteiger partial charge on any atom is 0.229 e. The lowest BCUT2D eigenvalue weighted by molar-refractivity contribution is 0.0904. The van der Waals surface area contributed by atoms with Crippen molar-refractivity contribution in [3.63, 3.8) is 0 Å². The van der Waals surface area contributed by atoms with Crippen LogP contribution in [0.4, 0.5) is 36.3 Å². The monoisotopic (exact) mass is 495 g/mol. The smallest absolute Gasteiger partial charge is 0.229 e. The lowest BCUT2D eigenvalue weighted by Gasteiger charge is -2.24. The minimum atomic E-state index is -1.16. The highest BCUT2D eigenvalue weighted by molar-refractivity contribution is 6.03. The average molecular weight is 496 g/mol. The number of hydrogen-bond acceptors (Lipinski definition) is 6. The van der Waals surface area contributed by atoms with E-state index in [4.69, 9.17) is 10.5 Å². The van der Waals surface area contributed by atoms with E-state index in [2.05, 4.69) is 25.6 Å². The molecule has 3 heterocycles. The fraction of sp³-hybridized carbons (Fsp3) is 0.240. The van der Waals surface area contributed by atoms with Gasteiger partial charge >= 0.3 is 0 Å². The number of nitrogens with two attached hydrogens (primary N) is 1. The first-order chi connectivity index (χ1) is 17.4. The maximum atomic E-state index is 14.2. The Bertz CT molecular complexity index is 1420. The van der Waals surface area contributed by atoms with Gasteiger partial charge in [-0.1, -0.05) is 0 Å². The van der Waals surface area contributed by atoms with E-state index in [-0.39, 0.29) is 17.4 Å². The van der Waals surface area contributed by atoms with Gasteiger partial charge in [-0.3, -0.25) is 0 Å². The number of hydrogen-bond donors (Lipinski definition) is 3. The largest absolute Gasteiger partial charge is 0.383 e. The van der Waals surface area contributed by atoms with Gasteiger partial charge in [0.2, 0.25) is 5.95 Å². The molecule has 5 rings (SSSR count). The molecule has 0 unspecified atom stereocenters. The van der Waals surface area contributed by atoms with Crippen molar-refractivity contribution in [3.05, 3.63) is 71.8 Å². The van der Waals surface area contributed by atoms with E-state index >= 15 is 0 Å². The third-order valence-corrected chi connectivity index (χ3v) is 5.98. The summed E-state index contributed by atoms with van der Waals surface area (Å²) in [5.74, 6) is -2.93. The number of amidine groups is 1. The predicted molar refractivity (Wildman–Crippen MR) is 132 cm³/mol. The van der Waals surface area contributed by atoms with E-state index in [1.807, 2.05) is 42.1 Å². The number of aromatic nitrogens is 3. The summed E-state index contributed by atoms with van der Waals surface area (Å²) in [6, 6.07) is 9.03. The van der Waals surface area contributed by atoms with Crippen molar-refractivity contribution in [2.24, 2.45) is 17.8 Å². The van der Waals surface area contributed by atoms with E-state index in [1.54, 1.807) is 0 Å². The van der Waals surface area contributed by atoms with Crippen LogP contribution in [0.3, 0.4) is 0 Å². The summed E-state index contributed by atoms with van der Waals surface area (Å²) in [5.41, 5.74) is 7.57. The van der Waals surface area contributed by atoms with Crippen LogP contribution < -0.4 is 16.4 Å². The highest BCUT2D eigenvalue weighted by Gasteiger charge is 2.20. The van der Waals surface area contributed by atoms with E-state index in [1.165, 1.54) is 6.20 Å². The van der Waals surface area contributed by atoms with Crippen LogP contribution in [0.1, 0.15) is 18.4 Å². The molecule has 0 aliphatic carbocycles. The van der Waals surface area contributed by atoms with Gasteiger partial charge in [0, 0.05) is 67.4 Å². The zero-order valence-corrected chi connectivity index (χ0v) is 19.4. The van der Waals surface area contributed by atoms with Crippen LogP contribution in [0.15, 0.2) is 53.8 Å².